The number of benzene rings is 1. The number of halogens is 4. The van der Waals surface area contributed by atoms with Crippen molar-refractivity contribution >= 4 is 17.2 Å². The first-order valence-corrected chi connectivity index (χ1v) is 4.08. The number of hydrogen-bond donors (Lipinski definition) is 1. The minimum atomic E-state index is -1.62. The Morgan fingerprint density at radius 1 is 1.20 bits per heavy atom. The van der Waals surface area contributed by atoms with Gasteiger partial charge in [-0.25, -0.2) is 8.78 Å². The van der Waals surface area contributed by atoms with Crippen LogP contribution in [0.5, 0.6) is 5.75 Å². The van der Waals surface area contributed by atoms with Crippen LogP contribution in [0.25, 0.3) is 0 Å². The molecule has 0 radical (unpaired) electrons. The molecule has 2 N–H and O–H groups in total. The quantitative estimate of drug-likeness (QED) is 0.497. The van der Waals surface area contributed by atoms with Crippen molar-refractivity contribution in [2.24, 2.45) is 5.73 Å². The second-order valence-corrected chi connectivity index (χ2v) is 3.08. The smallest absolute Gasteiger partial charge is 0.203 e. The fourth-order valence-electron chi connectivity index (χ4n) is 0.821. The number of nitrogens with two attached hydrogens (primary N) is 1. The average Bonchev–Trinajstić information content (AvgIpc) is 2.14. The van der Waals surface area contributed by atoms with Crippen LogP contribution in [0.2, 0.25) is 0 Å². The molecule has 0 unspecified atom stereocenters. The zero-order valence-electron chi connectivity index (χ0n) is 7.19. The van der Waals surface area contributed by atoms with Gasteiger partial charge in [-0.15, -0.1) is 0 Å². The summed E-state index contributed by atoms with van der Waals surface area (Å²) in [5.74, 6) is -7.51. The second-order valence-electron chi connectivity index (χ2n) is 2.55. The topological polar surface area (TPSA) is 35.2 Å². The van der Waals surface area contributed by atoms with Crippen LogP contribution in [0, 0.1) is 23.3 Å². The van der Waals surface area contributed by atoms with E-state index in [2.05, 4.69) is 17.0 Å². The van der Waals surface area contributed by atoms with E-state index in [9.17, 15) is 17.6 Å². The largest absolute Gasteiger partial charge is 0.480 e. The van der Waals surface area contributed by atoms with E-state index in [1.54, 1.807) is 0 Å². The maximum Gasteiger partial charge on any atom is 0.203 e. The Kier molecular flexibility index (Phi) is 3.46. The van der Waals surface area contributed by atoms with Crippen molar-refractivity contribution in [1.82, 2.24) is 0 Å². The molecule has 15 heavy (non-hydrogen) atoms. The van der Waals surface area contributed by atoms with Gasteiger partial charge < -0.3 is 10.5 Å². The SMILES string of the molecule is NC(=S)COc1c(F)c(F)cc(F)c1F. The summed E-state index contributed by atoms with van der Waals surface area (Å²) < 4.78 is 55.4. The molecule has 82 valence electrons. The third kappa shape index (κ3) is 2.56. The molecule has 0 aromatic heterocycles. The molecule has 0 fully saturated rings. The van der Waals surface area contributed by atoms with Crippen molar-refractivity contribution < 1.29 is 22.3 Å². The van der Waals surface area contributed by atoms with Gasteiger partial charge in [0.05, 0.1) is 0 Å². The molecule has 0 amide bonds. The molecule has 1 aromatic rings. The Morgan fingerprint density at radius 2 is 1.67 bits per heavy atom. The van der Waals surface area contributed by atoms with Crippen molar-refractivity contribution in [3.05, 3.63) is 29.3 Å². The molecule has 0 spiro atoms. The molecule has 0 saturated heterocycles. The zero-order valence-corrected chi connectivity index (χ0v) is 8.01. The van der Waals surface area contributed by atoms with Crippen LogP contribution in [-0.4, -0.2) is 11.6 Å². The molecule has 0 heterocycles. The summed E-state index contributed by atoms with van der Waals surface area (Å²) in [6.07, 6.45) is 0. The van der Waals surface area contributed by atoms with E-state index >= 15 is 0 Å². The standard InChI is InChI=1S/C8H5F4NOS/c9-3-1-4(10)7(12)8(6(3)11)14-2-5(13)15/h1H,2H2,(H2,13,15). The molecule has 0 aliphatic heterocycles. The lowest BCUT2D eigenvalue weighted by Crippen LogP contribution is -2.19. The molecule has 0 atom stereocenters. The highest BCUT2D eigenvalue weighted by molar-refractivity contribution is 7.80. The summed E-state index contributed by atoms with van der Waals surface area (Å²) in [6.45, 7) is -0.508. The van der Waals surface area contributed by atoms with Crippen LogP contribution in [0.3, 0.4) is 0 Å². The fourth-order valence-corrected chi connectivity index (χ4v) is 0.880. The zero-order chi connectivity index (χ0) is 11.6. The molecule has 0 saturated carbocycles. The molecule has 1 rings (SSSR count). The lowest BCUT2D eigenvalue weighted by molar-refractivity contribution is 0.311. The van der Waals surface area contributed by atoms with E-state index in [-0.39, 0.29) is 11.1 Å². The summed E-state index contributed by atoms with van der Waals surface area (Å²) in [5.41, 5.74) is 4.99. The second kappa shape index (κ2) is 4.43. The first-order valence-electron chi connectivity index (χ1n) is 3.67. The Labute approximate surface area is 87.6 Å². The van der Waals surface area contributed by atoms with Crippen molar-refractivity contribution in [2.75, 3.05) is 6.61 Å². The Hall–Kier alpha value is -1.37. The van der Waals surface area contributed by atoms with E-state index in [4.69, 9.17) is 5.73 Å². The minimum absolute atomic E-state index is 0.0816. The molecule has 1 aromatic carbocycles. The van der Waals surface area contributed by atoms with E-state index in [1.807, 2.05) is 0 Å². The Bertz CT molecular complexity index is 384. The number of ether oxygens (including phenoxy) is 1. The van der Waals surface area contributed by atoms with Gasteiger partial charge in [-0.2, -0.15) is 8.78 Å². The van der Waals surface area contributed by atoms with Crippen molar-refractivity contribution in [3.8, 4) is 5.75 Å². The van der Waals surface area contributed by atoms with Crippen LogP contribution < -0.4 is 10.5 Å². The van der Waals surface area contributed by atoms with Crippen LogP contribution in [0.15, 0.2) is 6.07 Å². The maximum absolute atomic E-state index is 12.9. The molecular formula is C8H5F4NOS. The van der Waals surface area contributed by atoms with Gasteiger partial charge in [0.25, 0.3) is 0 Å². The van der Waals surface area contributed by atoms with E-state index in [0.29, 0.717) is 0 Å². The van der Waals surface area contributed by atoms with Gasteiger partial charge in [0.2, 0.25) is 11.6 Å². The highest BCUT2D eigenvalue weighted by atomic mass is 32.1. The van der Waals surface area contributed by atoms with Gasteiger partial charge in [0.15, 0.2) is 17.4 Å². The lowest BCUT2D eigenvalue weighted by atomic mass is 10.3. The minimum Gasteiger partial charge on any atom is -0.480 e. The average molecular weight is 239 g/mol. The predicted molar refractivity (Wildman–Crippen MR) is 48.6 cm³/mol. The molecule has 0 aliphatic carbocycles. The summed E-state index contributed by atoms with van der Waals surface area (Å²) in [7, 11) is 0. The van der Waals surface area contributed by atoms with Gasteiger partial charge in [-0.1, -0.05) is 12.2 Å². The third-order valence-electron chi connectivity index (χ3n) is 1.43. The molecule has 2 nitrogen and oxygen atoms in total. The predicted octanol–water partition coefficient (Wildman–Crippen LogP) is 1.91. The first kappa shape index (κ1) is 11.7. The van der Waals surface area contributed by atoms with Gasteiger partial charge in [-0.3, -0.25) is 0 Å². The van der Waals surface area contributed by atoms with Crippen molar-refractivity contribution in [2.45, 2.75) is 0 Å². The van der Waals surface area contributed by atoms with E-state index < -0.39 is 35.6 Å². The molecule has 7 heteroatoms. The van der Waals surface area contributed by atoms with Crippen molar-refractivity contribution in [3.63, 3.8) is 0 Å². The normalized spacial score (nSPS) is 10.1. The van der Waals surface area contributed by atoms with E-state index in [0.717, 1.165) is 0 Å². The highest BCUT2D eigenvalue weighted by Crippen LogP contribution is 2.26. The molecular weight excluding hydrogens is 234 g/mol. The number of thiocarbonyl (C=S) groups is 1. The van der Waals surface area contributed by atoms with Crippen LogP contribution in [0.4, 0.5) is 17.6 Å². The van der Waals surface area contributed by atoms with Crippen LogP contribution in [0.1, 0.15) is 0 Å². The summed E-state index contributed by atoms with van der Waals surface area (Å²) >= 11 is 4.37. The Morgan fingerprint density at radius 3 is 2.07 bits per heavy atom. The summed E-state index contributed by atoms with van der Waals surface area (Å²) in [5, 5.41) is 0. The number of hydrogen-bond acceptors (Lipinski definition) is 2. The van der Waals surface area contributed by atoms with Crippen LogP contribution >= 0.6 is 12.2 Å². The maximum atomic E-state index is 12.9. The Balaban J connectivity index is 3.09. The number of rotatable bonds is 3. The first-order chi connectivity index (χ1) is 6.93. The monoisotopic (exact) mass is 239 g/mol. The van der Waals surface area contributed by atoms with Gasteiger partial charge >= 0.3 is 0 Å². The summed E-state index contributed by atoms with van der Waals surface area (Å²) in [6, 6.07) is 0.0816. The van der Waals surface area contributed by atoms with E-state index in [1.165, 1.54) is 0 Å². The van der Waals surface area contributed by atoms with Gasteiger partial charge in [0, 0.05) is 6.07 Å². The van der Waals surface area contributed by atoms with Gasteiger partial charge in [-0.05, 0) is 0 Å². The fraction of sp³-hybridized carbons (Fsp3) is 0.125. The van der Waals surface area contributed by atoms with Crippen molar-refractivity contribution in [1.29, 1.82) is 0 Å². The molecule has 0 aliphatic rings. The third-order valence-corrected chi connectivity index (χ3v) is 1.55. The van der Waals surface area contributed by atoms with Gasteiger partial charge in [0.1, 0.15) is 11.6 Å². The van der Waals surface area contributed by atoms with Crippen LogP contribution in [-0.2, 0) is 0 Å². The summed E-state index contributed by atoms with van der Waals surface area (Å²) in [4.78, 5) is -0.196. The highest BCUT2D eigenvalue weighted by Gasteiger charge is 2.20. The molecule has 0 bridgehead atoms. The lowest BCUT2D eigenvalue weighted by Gasteiger charge is -2.08.